The molecule has 4 nitrogen and oxygen atoms in total. The van der Waals surface area contributed by atoms with Gasteiger partial charge in [-0.15, -0.1) is 0 Å². The highest BCUT2D eigenvalue weighted by Gasteiger charge is 2.24. The molecule has 0 saturated heterocycles. The second-order valence-electron chi connectivity index (χ2n) is 4.70. The maximum Gasteiger partial charge on any atom is 0.265 e. The van der Waals surface area contributed by atoms with Crippen LogP contribution in [-0.2, 0) is 11.3 Å². The first kappa shape index (κ1) is 13.8. The molecule has 0 bridgehead atoms. The lowest BCUT2D eigenvalue weighted by Gasteiger charge is -2.20. The van der Waals surface area contributed by atoms with E-state index in [1.165, 1.54) is 0 Å². The highest BCUT2D eigenvalue weighted by atomic mass is 35.5. The molecule has 0 radical (unpaired) electrons. The van der Waals surface area contributed by atoms with Gasteiger partial charge in [0.1, 0.15) is 0 Å². The van der Waals surface area contributed by atoms with E-state index in [0.29, 0.717) is 23.1 Å². The molecule has 0 unspecified atom stereocenters. The van der Waals surface area contributed by atoms with Crippen molar-refractivity contribution in [1.29, 1.82) is 0 Å². The average molecular weight is 304 g/mol. The van der Waals surface area contributed by atoms with Crippen molar-refractivity contribution < 1.29 is 14.3 Å². The summed E-state index contributed by atoms with van der Waals surface area (Å²) < 4.78 is 10.9. The average Bonchev–Trinajstić information content (AvgIpc) is 2.66. The SMILES string of the molecule is COc1cccc2c1OCC(=O)N(c1cccc(Cl)c1)C2. The van der Waals surface area contributed by atoms with E-state index in [1.54, 1.807) is 24.1 Å². The Kier molecular flexibility index (Phi) is 3.71. The molecule has 0 aromatic heterocycles. The van der Waals surface area contributed by atoms with Gasteiger partial charge in [-0.3, -0.25) is 4.79 Å². The lowest BCUT2D eigenvalue weighted by molar-refractivity contribution is -0.120. The van der Waals surface area contributed by atoms with Gasteiger partial charge in [-0.25, -0.2) is 0 Å². The van der Waals surface area contributed by atoms with Crippen LogP contribution in [0.3, 0.4) is 0 Å². The van der Waals surface area contributed by atoms with Gasteiger partial charge in [0, 0.05) is 16.3 Å². The van der Waals surface area contributed by atoms with Gasteiger partial charge in [-0.2, -0.15) is 0 Å². The van der Waals surface area contributed by atoms with Gasteiger partial charge >= 0.3 is 0 Å². The number of ether oxygens (including phenoxy) is 2. The third-order valence-electron chi connectivity index (χ3n) is 3.37. The number of hydrogen-bond donors (Lipinski definition) is 0. The first-order valence-corrected chi connectivity index (χ1v) is 6.91. The molecule has 1 heterocycles. The normalized spacial score (nSPS) is 14.2. The number of hydrogen-bond acceptors (Lipinski definition) is 3. The van der Waals surface area contributed by atoms with Gasteiger partial charge in [-0.1, -0.05) is 29.8 Å². The lowest BCUT2D eigenvalue weighted by atomic mass is 10.1. The zero-order valence-electron chi connectivity index (χ0n) is 11.5. The monoisotopic (exact) mass is 303 g/mol. The molecule has 2 aromatic carbocycles. The first-order chi connectivity index (χ1) is 10.2. The Hall–Kier alpha value is -2.20. The maximum atomic E-state index is 12.3. The highest BCUT2D eigenvalue weighted by molar-refractivity contribution is 6.30. The number of anilines is 1. The van der Waals surface area contributed by atoms with Crippen molar-refractivity contribution in [2.45, 2.75) is 6.54 Å². The van der Waals surface area contributed by atoms with E-state index in [0.717, 1.165) is 11.3 Å². The second kappa shape index (κ2) is 5.66. The van der Waals surface area contributed by atoms with Gasteiger partial charge < -0.3 is 14.4 Å². The van der Waals surface area contributed by atoms with E-state index in [9.17, 15) is 4.79 Å². The van der Waals surface area contributed by atoms with Crippen LogP contribution in [0.15, 0.2) is 42.5 Å². The van der Waals surface area contributed by atoms with Crippen LogP contribution in [0.4, 0.5) is 5.69 Å². The van der Waals surface area contributed by atoms with Crippen molar-refractivity contribution in [3.05, 3.63) is 53.1 Å². The number of rotatable bonds is 2. The van der Waals surface area contributed by atoms with Crippen LogP contribution < -0.4 is 14.4 Å². The molecular weight excluding hydrogens is 290 g/mol. The molecule has 3 rings (SSSR count). The lowest BCUT2D eigenvalue weighted by Crippen LogP contribution is -2.32. The zero-order chi connectivity index (χ0) is 14.8. The minimum absolute atomic E-state index is 0.0279. The Morgan fingerprint density at radius 2 is 2.05 bits per heavy atom. The van der Waals surface area contributed by atoms with Crippen molar-refractivity contribution in [1.82, 2.24) is 0 Å². The molecule has 1 amide bonds. The fourth-order valence-corrected chi connectivity index (χ4v) is 2.54. The summed E-state index contributed by atoms with van der Waals surface area (Å²) >= 11 is 6.01. The molecule has 0 spiro atoms. The first-order valence-electron chi connectivity index (χ1n) is 6.53. The van der Waals surface area contributed by atoms with Gasteiger partial charge in [0.25, 0.3) is 5.91 Å². The third kappa shape index (κ3) is 2.67. The Morgan fingerprint density at radius 1 is 1.24 bits per heavy atom. The summed E-state index contributed by atoms with van der Waals surface area (Å²) in [4.78, 5) is 14.0. The summed E-state index contributed by atoms with van der Waals surface area (Å²) in [5.74, 6) is 1.14. The van der Waals surface area contributed by atoms with Crippen LogP contribution >= 0.6 is 11.6 Å². The summed E-state index contributed by atoms with van der Waals surface area (Å²) in [6, 6.07) is 12.9. The van der Waals surface area contributed by atoms with E-state index in [-0.39, 0.29) is 12.5 Å². The van der Waals surface area contributed by atoms with E-state index < -0.39 is 0 Å². The molecule has 21 heavy (non-hydrogen) atoms. The Labute approximate surface area is 127 Å². The minimum Gasteiger partial charge on any atom is -0.493 e. The standard InChI is InChI=1S/C16H14ClNO3/c1-20-14-7-2-4-11-9-18(15(19)10-21-16(11)14)13-6-3-5-12(17)8-13/h2-8H,9-10H2,1H3. The van der Waals surface area contributed by atoms with Gasteiger partial charge in [-0.05, 0) is 24.3 Å². The second-order valence-corrected chi connectivity index (χ2v) is 5.13. The molecule has 0 aliphatic carbocycles. The summed E-state index contributed by atoms with van der Waals surface area (Å²) in [5.41, 5.74) is 1.66. The number of fused-ring (bicyclic) bond motifs is 1. The van der Waals surface area contributed by atoms with Crippen molar-refractivity contribution in [2.75, 3.05) is 18.6 Å². The van der Waals surface area contributed by atoms with Crippen molar-refractivity contribution >= 4 is 23.2 Å². The van der Waals surface area contributed by atoms with Crippen LogP contribution in [0.1, 0.15) is 5.56 Å². The molecule has 0 atom stereocenters. The van der Waals surface area contributed by atoms with Crippen LogP contribution in [0.25, 0.3) is 0 Å². The summed E-state index contributed by atoms with van der Waals surface area (Å²) in [6.45, 7) is 0.394. The third-order valence-corrected chi connectivity index (χ3v) is 3.60. The number of methoxy groups -OCH3 is 1. The van der Waals surface area contributed by atoms with Crippen LogP contribution in [-0.4, -0.2) is 19.6 Å². The largest absolute Gasteiger partial charge is 0.493 e. The number of amides is 1. The number of halogens is 1. The molecule has 1 aliphatic heterocycles. The molecular formula is C16H14ClNO3. The van der Waals surface area contributed by atoms with E-state index in [1.807, 2.05) is 30.3 Å². The number of carbonyl (C=O) groups excluding carboxylic acids is 1. The molecule has 108 valence electrons. The fourth-order valence-electron chi connectivity index (χ4n) is 2.36. The van der Waals surface area contributed by atoms with Crippen molar-refractivity contribution in [2.24, 2.45) is 0 Å². The molecule has 5 heteroatoms. The summed E-state index contributed by atoms with van der Waals surface area (Å²) in [7, 11) is 1.58. The quantitative estimate of drug-likeness (QED) is 0.854. The Bertz CT molecular complexity index is 687. The maximum absolute atomic E-state index is 12.3. The van der Waals surface area contributed by atoms with Crippen LogP contribution in [0.5, 0.6) is 11.5 Å². The smallest absolute Gasteiger partial charge is 0.265 e. The van der Waals surface area contributed by atoms with E-state index >= 15 is 0 Å². The molecule has 0 saturated carbocycles. The topological polar surface area (TPSA) is 38.8 Å². The zero-order valence-corrected chi connectivity index (χ0v) is 12.3. The minimum atomic E-state index is -0.115. The van der Waals surface area contributed by atoms with Gasteiger partial charge in [0.15, 0.2) is 18.1 Å². The Balaban J connectivity index is 2.01. The van der Waals surface area contributed by atoms with Crippen molar-refractivity contribution in [3.8, 4) is 11.5 Å². The van der Waals surface area contributed by atoms with Gasteiger partial charge in [0.05, 0.1) is 13.7 Å². The van der Waals surface area contributed by atoms with Crippen LogP contribution in [0, 0.1) is 0 Å². The Morgan fingerprint density at radius 3 is 2.81 bits per heavy atom. The molecule has 0 fully saturated rings. The van der Waals surface area contributed by atoms with E-state index in [2.05, 4.69) is 0 Å². The highest BCUT2D eigenvalue weighted by Crippen LogP contribution is 2.35. The predicted octanol–water partition coefficient (Wildman–Crippen LogP) is 3.27. The van der Waals surface area contributed by atoms with Crippen LogP contribution in [0.2, 0.25) is 5.02 Å². The number of benzene rings is 2. The molecule has 1 aliphatic rings. The molecule has 0 N–H and O–H groups in total. The predicted molar refractivity (Wildman–Crippen MR) is 81.1 cm³/mol. The summed E-state index contributed by atoms with van der Waals surface area (Å²) in [6.07, 6.45) is 0. The number of para-hydroxylation sites is 1. The number of carbonyl (C=O) groups is 1. The van der Waals surface area contributed by atoms with E-state index in [4.69, 9.17) is 21.1 Å². The van der Waals surface area contributed by atoms with Crippen molar-refractivity contribution in [3.63, 3.8) is 0 Å². The fraction of sp³-hybridized carbons (Fsp3) is 0.188. The molecule has 2 aromatic rings. The number of nitrogens with zero attached hydrogens (tertiary/aromatic N) is 1. The van der Waals surface area contributed by atoms with Gasteiger partial charge in [0.2, 0.25) is 0 Å². The summed E-state index contributed by atoms with van der Waals surface area (Å²) in [5, 5.41) is 0.594.